The van der Waals surface area contributed by atoms with E-state index in [0.717, 1.165) is 51.4 Å². The van der Waals surface area contributed by atoms with Gasteiger partial charge in [0.1, 0.15) is 0 Å². The number of aliphatic hydroxyl groups excluding tert-OH is 1. The Hall–Kier alpha value is -0.130. The topological polar surface area (TPSA) is 74.6 Å². The maximum Gasteiger partial charge on any atom is 0.264 e. The second kappa shape index (κ2) is 15.4. The summed E-state index contributed by atoms with van der Waals surface area (Å²) in [7, 11) is -3.76. The van der Waals surface area contributed by atoms with Gasteiger partial charge in [0.25, 0.3) is 10.1 Å². The van der Waals surface area contributed by atoms with E-state index >= 15 is 0 Å². The average molecular weight is 351 g/mol. The molecule has 0 aromatic carbocycles. The van der Waals surface area contributed by atoms with Gasteiger partial charge in [-0.2, -0.15) is 8.42 Å². The molecule has 0 spiro atoms. The van der Waals surface area contributed by atoms with Gasteiger partial charge in [-0.25, -0.2) is 0 Å². The lowest BCUT2D eigenvalue weighted by Gasteiger charge is -2.09. The lowest BCUT2D eigenvalue weighted by molar-refractivity contribution is 0.148. The Labute approximate surface area is 143 Å². The molecule has 5 heteroatoms. The van der Waals surface area contributed by atoms with Crippen molar-refractivity contribution in [2.75, 3.05) is 5.75 Å². The van der Waals surface area contributed by atoms with E-state index in [1.54, 1.807) is 0 Å². The smallest absolute Gasteiger partial charge is 0.264 e. The highest BCUT2D eigenvalue weighted by atomic mass is 32.2. The Balaban J connectivity index is 3.13. The van der Waals surface area contributed by atoms with Crippen LogP contribution < -0.4 is 0 Å². The lowest BCUT2D eigenvalue weighted by atomic mass is 10.0. The van der Waals surface area contributed by atoms with Crippen LogP contribution in [0, 0.1) is 0 Å². The average Bonchev–Trinajstić information content (AvgIpc) is 2.48. The first kappa shape index (κ1) is 22.9. The minimum Gasteiger partial charge on any atom is -0.393 e. The minimum atomic E-state index is -3.76. The third-order valence-electron chi connectivity index (χ3n) is 4.33. The van der Waals surface area contributed by atoms with E-state index in [0.29, 0.717) is 6.42 Å². The molecule has 0 bridgehead atoms. The Morgan fingerprint density at radius 1 is 0.696 bits per heavy atom. The van der Waals surface area contributed by atoms with Crippen molar-refractivity contribution in [1.82, 2.24) is 0 Å². The summed E-state index contributed by atoms with van der Waals surface area (Å²) in [5, 5.41) is 9.74. The van der Waals surface area contributed by atoms with E-state index in [9.17, 15) is 13.5 Å². The molecule has 0 aromatic heterocycles. The Morgan fingerprint density at radius 2 is 1.09 bits per heavy atom. The number of hydrogen-bond acceptors (Lipinski definition) is 3. The van der Waals surface area contributed by atoms with Gasteiger partial charge < -0.3 is 5.11 Å². The minimum absolute atomic E-state index is 0.0872. The third kappa shape index (κ3) is 19.8. The summed E-state index contributed by atoms with van der Waals surface area (Å²) in [5.74, 6) is -0.0971. The van der Waals surface area contributed by atoms with Gasteiger partial charge in [0, 0.05) is 0 Å². The molecule has 0 radical (unpaired) electrons. The van der Waals surface area contributed by atoms with Gasteiger partial charge in [-0.15, -0.1) is 0 Å². The number of unbranched alkanes of at least 4 members (excludes halogenated alkanes) is 11. The first-order valence-electron chi connectivity index (χ1n) is 9.59. The van der Waals surface area contributed by atoms with Crippen molar-refractivity contribution in [3.05, 3.63) is 0 Å². The largest absolute Gasteiger partial charge is 0.393 e. The fraction of sp³-hybridized carbons (Fsp3) is 1.00. The molecule has 0 saturated carbocycles. The molecule has 2 N–H and O–H groups in total. The Kier molecular flexibility index (Phi) is 15.3. The van der Waals surface area contributed by atoms with Crippen LogP contribution in [0.25, 0.3) is 0 Å². The zero-order valence-electron chi connectivity index (χ0n) is 15.0. The maximum absolute atomic E-state index is 10.5. The van der Waals surface area contributed by atoms with E-state index in [1.165, 1.54) is 38.5 Å². The van der Waals surface area contributed by atoms with Gasteiger partial charge in [-0.05, 0) is 19.3 Å². The van der Waals surface area contributed by atoms with Crippen molar-refractivity contribution >= 4 is 10.1 Å². The highest BCUT2D eigenvalue weighted by Crippen LogP contribution is 2.14. The fourth-order valence-corrected chi connectivity index (χ4v) is 3.41. The summed E-state index contributed by atoms with van der Waals surface area (Å²) in [5.41, 5.74) is 0. The summed E-state index contributed by atoms with van der Waals surface area (Å²) in [4.78, 5) is 0. The molecule has 0 aliphatic heterocycles. The summed E-state index contributed by atoms with van der Waals surface area (Å²) in [6, 6.07) is 0. The molecule has 0 rings (SSSR count). The molecule has 1 atom stereocenters. The van der Waals surface area contributed by atoms with Gasteiger partial charge in [-0.3, -0.25) is 4.55 Å². The van der Waals surface area contributed by atoms with E-state index in [2.05, 4.69) is 6.92 Å². The lowest BCUT2D eigenvalue weighted by Crippen LogP contribution is -2.05. The normalized spacial score (nSPS) is 13.3. The molecule has 0 saturated heterocycles. The summed E-state index contributed by atoms with van der Waals surface area (Å²) < 4.78 is 29.7. The zero-order chi connectivity index (χ0) is 17.4. The second-order valence-electron chi connectivity index (χ2n) is 6.76. The molecule has 4 nitrogen and oxygen atoms in total. The van der Waals surface area contributed by atoms with Crippen molar-refractivity contribution in [3.8, 4) is 0 Å². The summed E-state index contributed by atoms with van der Waals surface area (Å²) >= 11 is 0. The highest BCUT2D eigenvalue weighted by molar-refractivity contribution is 7.85. The van der Waals surface area contributed by atoms with Crippen LogP contribution >= 0.6 is 0 Å². The van der Waals surface area contributed by atoms with Crippen LogP contribution in [0.1, 0.15) is 103 Å². The molecule has 0 heterocycles. The van der Waals surface area contributed by atoms with Crippen LogP contribution in [0.15, 0.2) is 0 Å². The van der Waals surface area contributed by atoms with Crippen molar-refractivity contribution in [2.45, 2.75) is 109 Å². The van der Waals surface area contributed by atoms with Gasteiger partial charge in [0.15, 0.2) is 0 Å². The zero-order valence-corrected chi connectivity index (χ0v) is 15.8. The molecule has 1 unspecified atom stereocenters. The standard InChI is InChI=1S/C18H38O4S/c1-2-3-15-18(19)16-13-11-9-7-5-4-6-8-10-12-14-17-23(20,21)22/h18-19H,2-17H2,1H3,(H,20,21,22). The summed E-state index contributed by atoms with van der Waals surface area (Å²) in [6.07, 6.45) is 16.5. The van der Waals surface area contributed by atoms with Crippen molar-refractivity contribution in [3.63, 3.8) is 0 Å². The van der Waals surface area contributed by atoms with Crippen molar-refractivity contribution in [1.29, 1.82) is 0 Å². The van der Waals surface area contributed by atoms with E-state index in [1.807, 2.05) is 0 Å². The predicted molar refractivity (Wildman–Crippen MR) is 97.4 cm³/mol. The van der Waals surface area contributed by atoms with E-state index in [-0.39, 0.29) is 11.9 Å². The van der Waals surface area contributed by atoms with Crippen LogP contribution in [-0.2, 0) is 10.1 Å². The van der Waals surface area contributed by atoms with Crippen LogP contribution in [-0.4, -0.2) is 29.9 Å². The Bertz CT molecular complexity index is 341. The first-order chi connectivity index (χ1) is 11.0. The van der Waals surface area contributed by atoms with E-state index in [4.69, 9.17) is 4.55 Å². The molecule has 140 valence electrons. The van der Waals surface area contributed by atoms with Crippen LogP contribution in [0.4, 0.5) is 0 Å². The van der Waals surface area contributed by atoms with Crippen molar-refractivity contribution in [2.24, 2.45) is 0 Å². The molecule has 0 aliphatic rings. The van der Waals surface area contributed by atoms with Gasteiger partial charge in [0.2, 0.25) is 0 Å². The highest BCUT2D eigenvalue weighted by Gasteiger charge is 2.03. The van der Waals surface area contributed by atoms with E-state index < -0.39 is 10.1 Å². The second-order valence-corrected chi connectivity index (χ2v) is 8.33. The first-order valence-corrected chi connectivity index (χ1v) is 11.2. The molecule has 0 fully saturated rings. The molecule has 23 heavy (non-hydrogen) atoms. The van der Waals surface area contributed by atoms with Crippen LogP contribution in [0.2, 0.25) is 0 Å². The molecule has 0 aliphatic carbocycles. The monoisotopic (exact) mass is 350 g/mol. The maximum atomic E-state index is 10.5. The number of aliphatic hydroxyl groups is 1. The number of rotatable bonds is 17. The molecule has 0 aromatic rings. The van der Waals surface area contributed by atoms with Crippen LogP contribution in [0.5, 0.6) is 0 Å². The Morgan fingerprint density at radius 3 is 1.52 bits per heavy atom. The predicted octanol–water partition coefficient (Wildman–Crippen LogP) is 5.11. The molecule has 0 amide bonds. The fourth-order valence-electron chi connectivity index (χ4n) is 2.84. The molecular formula is C18H38O4S. The SMILES string of the molecule is CCCCC(O)CCCCCCCCCCCCCS(=O)(=O)O. The van der Waals surface area contributed by atoms with Crippen molar-refractivity contribution < 1.29 is 18.1 Å². The van der Waals surface area contributed by atoms with Gasteiger partial charge in [-0.1, -0.05) is 84.0 Å². The third-order valence-corrected chi connectivity index (χ3v) is 5.14. The number of hydrogen-bond donors (Lipinski definition) is 2. The summed E-state index contributed by atoms with van der Waals surface area (Å²) in [6.45, 7) is 2.16. The molecular weight excluding hydrogens is 312 g/mol. The van der Waals surface area contributed by atoms with Gasteiger partial charge >= 0.3 is 0 Å². The van der Waals surface area contributed by atoms with Crippen LogP contribution in [0.3, 0.4) is 0 Å². The quantitative estimate of drug-likeness (QED) is 0.282. The van der Waals surface area contributed by atoms with Gasteiger partial charge in [0.05, 0.1) is 11.9 Å².